The van der Waals surface area contributed by atoms with Gasteiger partial charge in [-0.3, -0.25) is 19.3 Å². The third kappa shape index (κ3) is 5.10. The van der Waals surface area contributed by atoms with Gasteiger partial charge in [0.1, 0.15) is 12.3 Å². The smallest absolute Gasteiger partial charge is 0.416 e. The Bertz CT molecular complexity index is 1080. The van der Waals surface area contributed by atoms with Crippen LogP contribution < -0.4 is 15.0 Å². The Balaban J connectivity index is 1.52. The average Bonchev–Trinajstić information content (AvgIpc) is 2.80. The fraction of sp³-hybridized carbons (Fsp3) is 0.348. The molecule has 174 valence electrons. The van der Waals surface area contributed by atoms with Crippen LogP contribution in [0.1, 0.15) is 35.2 Å². The molecule has 3 amide bonds. The number of alkyl halides is 3. The van der Waals surface area contributed by atoms with Crippen LogP contribution in [0.2, 0.25) is 0 Å². The van der Waals surface area contributed by atoms with Crippen molar-refractivity contribution in [2.45, 2.75) is 25.4 Å². The minimum Gasteiger partial charge on any atom is -0.482 e. The number of carbonyl (C=O) groups is 3. The van der Waals surface area contributed by atoms with Gasteiger partial charge in [-0.05, 0) is 55.7 Å². The normalized spacial score (nSPS) is 16.2. The highest BCUT2D eigenvalue weighted by Crippen LogP contribution is 2.34. The van der Waals surface area contributed by atoms with Crippen LogP contribution in [-0.2, 0) is 15.8 Å². The van der Waals surface area contributed by atoms with Crippen LogP contribution in [0, 0.1) is 0 Å². The molecule has 0 unspecified atom stereocenters. The van der Waals surface area contributed by atoms with E-state index < -0.39 is 30.1 Å². The summed E-state index contributed by atoms with van der Waals surface area (Å²) in [6, 6.07) is 8.95. The molecule has 0 spiro atoms. The Hall–Kier alpha value is -3.56. The maximum absolute atomic E-state index is 12.9. The van der Waals surface area contributed by atoms with Crippen LogP contribution in [0.4, 0.5) is 24.5 Å². The van der Waals surface area contributed by atoms with Crippen molar-refractivity contribution in [1.29, 1.82) is 0 Å². The summed E-state index contributed by atoms with van der Waals surface area (Å²) < 4.78 is 44.2. The van der Waals surface area contributed by atoms with Gasteiger partial charge in [-0.25, -0.2) is 0 Å². The lowest BCUT2D eigenvalue weighted by Gasteiger charge is -2.30. The van der Waals surface area contributed by atoms with E-state index in [1.165, 1.54) is 23.1 Å². The second kappa shape index (κ2) is 9.13. The van der Waals surface area contributed by atoms with Crippen molar-refractivity contribution in [3.63, 3.8) is 0 Å². The zero-order valence-electron chi connectivity index (χ0n) is 17.7. The molecule has 1 fully saturated rings. The quantitative estimate of drug-likeness (QED) is 0.753. The van der Waals surface area contributed by atoms with E-state index >= 15 is 0 Å². The Labute approximate surface area is 188 Å². The van der Waals surface area contributed by atoms with Gasteiger partial charge in [0.05, 0.1) is 11.3 Å². The number of nitrogens with zero attached hydrogens (tertiary/aromatic N) is 2. The standard InChI is InChI=1S/C23H22F3N3O4/c24-23(25,26)16-5-4-6-17(12-16)27-20(30)13-29-18-11-15(7-8-19(18)33-14-21(29)31)22(32)28-9-2-1-3-10-28/h4-8,11-12H,1-3,9-10,13-14H2,(H,27,30). The van der Waals surface area contributed by atoms with Crippen LogP contribution in [0.5, 0.6) is 5.75 Å². The molecule has 1 saturated heterocycles. The molecule has 33 heavy (non-hydrogen) atoms. The maximum Gasteiger partial charge on any atom is 0.416 e. The van der Waals surface area contributed by atoms with E-state index in [1.54, 1.807) is 17.0 Å². The van der Waals surface area contributed by atoms with Crippen molar-refractivity contribution in [1.82, 2.24) is 4.90 Å². The molecular weight excluding hydrogens is 439 g/mol. The van der Waals surface area contributed by atoms with Gasteiger partial charge in [-0.15, -0.1) is 0 Å². The largest absolute Gasteiger partial charge is 0.482 e. The number of fused-ring (bicyclic) bond motifs is 1. The highest BCUT2D eigenvalue weighted by atomic mass is 19.4. The van der Waals surface area contributed by atoms with Crippen LogP contribution in [0.25, 0.3) is 0 Å². The molecule has 7 nitrogen and oxygen atoms in total. The summed E-state index contributed by atoms with van der Waals surface area (Å²) in [5.74, 6) is -0.992. The molecule has 0 radical (unpaired) electrons. The predicted molar refractivity (Wildman–Crippen MR) is 114 cm³/mol. The average molecular weight is 461 g/mol. The number of carbonyl (C=O) groups excluding carboxylic acids is 3. The first-order chi connectivity index (χ1) is 15.7. The van der Waals surface area contributed by atoms with Gasteiger partial charge in [-0.2, -0.15) is 13.2 Å². The first-order valence-corrected chi connectivity index (χ1v) is 10.6. The molecule has 2 aromatic carbocycles. The molecule has 2 aliphatic rings. The van der Waals surface area contributed by atoms with Crippen molar-refractivity contribution >= 4 is 29.1 Å². The minimum absolute atomic E-state index is 0.0372. The summed E-state index contributed by atoms with van der Waals surface area (Å²) in [7, 11) is 0. The first-order valence-electron chi connectivity index (χ1n) is 10.6. The lowest BCUT2D eigenvalue weighted by Crippen LogP contribution is -2.43. The molecule has 1 N–H and O–H groups in total. The molecule has 0 saturated carbocycles. The van der Waals surface area contributed by atoms with Gasteiger partial charge in [0, 0.05) is 24.3 Å². The number of benzene rings is 2. The van der Waals surface area contributed by atoms with Crippen LogP contribution in [0.3, 0.4) is 0 Å². The van der Waals surface area contributed by atoms with Gasteiger partial charge in [0.25, 0.3) is 11.8 Å². The van der Waals surface area contributed by atoms with Crippen molar-refractivity contribution in [2.24, 2.45) is 0 Å². The summed E-state index contributed by atoms with van der Waals surface area (Å²) >= 11 is 0. The predicted octanol–water partition coefficient (Wildman–Crippen LogP) is 3.70. The zero-order valence-corrected chi connectivity index (χ0v) is 17.7. The number of amides is 3. The second-order valence-electron chi connectivity index (χ2n) is 7.93. The van der Waals surface area contributed by atoms with Gasteiger partial charge < -0.3 is 15.0 Å². The molecular formula is C23H22F3N3O4. The lowest BCUT2D eigenvalue weighted by molar-refractivity contribution is -0.137. The van der Waals surface area contributed by atoms with Crippen molar-refractivity contribution in [3.8, 4) is 5.75 Å². The van der Waals surface area contributed by atoms with E-state index in [-0.39, 0.29) is 23.9 Å². The molecule has 10 heteroatoms. The Kier molecular flexibility index (Phi) is 6.26. The highest BCUT2D eigenvalue weighted by molar-refractivity contribution is 6.06. The van der Waals surface area contributed by atoms with E-state index in [9.17, 15) is 27.6 Å². The van der Waals surface area contributed by atoms with E-state index in [0.717, 1.165) is 31.4 Å². The highest BCUT2D eigenvalue weighted by Gasteiger charge is 2.31. The molecule has 2 aromatic rings. The van der Waals surface area contributed by atoms with Gasteiger partial charge >= 0.3 is 6.18 Å². The molecule has 0 atom stereocenters. The van der Waals surface area contributed by atoms with Crippen LogP contribution in [-0.4, -0.2) is 48.9 Å². The van der Waals surface area contributed by atoms with Gasteiger partial charge in [0.15, 0.2) is 6.61 Å². The Morgan fingerprint density at radius 2 is 1.79 bits per heavy atom. The zero-order chi connectivity index (χ0) is 23.6. The van der Waals surface area contributed by atoms with Crippen LogP contribution in [0.15, 0.2) is 42.5 Å². The fourth-order valence-electron chi connectivity index (χ4n) is 3.91. The summed E-state index contributed by atoms with van der Waals surface area (Å²) in [5, 5.41) is 2.39. The molecule has 2 heterocycles. The number of anilines is 2. The maximum atomic E-state index is 12.9. The molecule has 0 bridgehead atoms. The van der Waals surface area contributed by atoms with Gasteiger partial charge in [-0.1, -0.05) is 6.07 Å². The number of hydrogen-bond donors (Lipinski definition) is 1. The number of piperidine rings is 1. The molecule has 0 aliphatic carbocycles. The fourth-order valence-corrected chi connectivity index (χ4v) is 3.91. The number of rotatable bonds is 4. The number of nitrogens with one attached hydrogen (secondary N) is 1. The third-order valence-corrected chi connectivity index (χ3v) is 5.57. The minimum atomic E-state index is -4.54. The van der Waals surface area contributed by atoms with Crippen molar-refractivity contribution in [2.75, 3.05) is 36.5 Å². The number of hydrogen-bond acceptors (Lipinski definition) is 4. The van der Waals surface area contributed by atoms with E-state index in [4.69, 9.17) is 4.74 Å². The topological polar surface area (TPSA) is 79.0 Å². The molecule has 4 rings (SSSR count). The second-order valence-corrected chi connectivity index (χ2v) is 7.93. The monoisotopic (exact) mass is 461 g/mol. The van der Waals surface area contributed by atoms with E-state index in [2.05, 4.69) is 5.32 Å². The lowest BCUT2D eigenvalue weighted by atomic mass is 10.1. The van der Waals surface area contributed by atoms with Crippen molar-refractivity contribution < 1.29 is 32.3 Å². The van der Waals surface area contributed by atoms with Crippen molar-refractivity contribution in [3.05, 3.63) is 53.6 Å². The van der Waals surface area contributed by atoms with Gasteiger partial charge in [0.2, 0.25) is 5.91 Å². The summed E-state index contributed by atoms with van der Waals surface area (Å²) in [4.78, 5) is 40.8. The summed E-state index contributed by atoms with van der Waals surface area (Å²) in [6.45, 7) is 0.596. The summed E-state index contributed by atoms with van der Waals surface area (Å²) in [5.41, 5.74) is -0.288. The van der Waals surface area contributed by atoms with E-state index in [0.29, 0.717) is 24.4 Å². The number of halogens is 3. The Morgan fingerprint density at radius 3 is 2.52 bits per heavy atom. The summed E-state index contributed by atoms with van der Waals surface area (Å²) in [6.07, 6.45) is -1.61. The Morgan fingerprint density at radius 1 is 1.03 bits per heavy atom. The van der Waals surface area contributed by atoms with Crippen LogP contribution >= 0.6 is 0 Å². The third-order valence-electron chi connectivity index (χ3n) is 5.57. The number of likely N-dealkylation sites (tertiary alicyclic amines) is 1. The number of ether oxygens (including phenoxy) is 1. The first kappa shape index (κ1) is 22.6. The molecule has 2 aliphatic heterocycles. The van der Waals surface area contributed by atoms with E-state index in [1.807, 2.05) is 0 Å². The molecule has 0 aromatic heterocycles. The SMILES string of the molecule is O=C(CN1C(=O)COc2ccc(C(=O)N3CCCCC3)cc21)Nc1cccc(C(F)(F)F)c1.